The molecule has 2 aromatic carbocycles. The number of aromatic nitrogens is 1. The number of carbonyl (C=O) groups excluding carboxylic acids is 1. The first kappa shape index (κ1) is 16.7. The number of pyridine rings is 1. The maximum absolute atomic E-state index is 11.6. The van der Waals surface area contributed by atoms with E-state index in [0.29, 0.717) is 6.54 Å². The second kappa shape index (κ2) is 8.64. The Morgan fingerprint density at radius 2 is 1.88 bits per heavy atom. The van der Waals surface area contributed by atoms with Gasteiger partial charge in [0, 0.05) is 18.1 Å². The van der Waals surface area contributed by atoms with Gasteiger partial charge in [-0.05, 0) is 29.7 Å². The van der Waals surface area contributed by atoms with Crippen molar-refractivity contribution in [2.24, 2.45) is 0 Å². The molecular formula is C21H20N2O2. The van der Waals surface area contributed by atoms with Crippen LogP contribution in [0, 0.1) is 0 Å². The number of amides is 1. The SMILES string of the molecule is O=C(NCCC=Cc1cnc2ccccc2c1)OCc1ccccc1. The Hall–Kier alpha value is -3.14. The molecule has 1 N–H and O–H groups in total. The average molecular weight is 332 g/mol. The Bertz CT molecular complexity index is 860. The van der Waals surface area contributed by atoms with Crippen molar-refractivity contribution in [2.45, 2.75) is 13.0 Å². The van der Waals surface area contributed by atoms with E-state index in [9.17, 15) is 4.79 Å². The Balaban J connectivity index is 1.39. The summed E-state index contributed by atoms with van der Waals surface area (Å²) in [5.74, 6) is 0. The van der Waals surface area contributed by atoms with Gasteiger partial charge < -0.3 is 10.1 Å². The zero-order valence-corrected chi connectivity index (χ0v) is 13.9. The van der Waals surface area contributed by atoms with Crippen LogP contribution in [0.4, 0.5) is 4.79 Å². The smallest absolute Gasteiger partial charge is 0.407 e. The Kier molecular flexibility index (Phi) is 5.77. The van der Waals surface area contributed by atoms with E-state index in [4.69, 9.17) is 4.74 Å². The quantitative estimate of drug-likeness (QED) is 0.673. The van der Waals surface area contributed by atoms with E-state index < -0.39 is 6.09 Å². The number of benzene rings is 2. The van der Waals surface area contributed by atoms with E-state index in [1.165, 1.54) is 0 Å². The van der Waals surface area contributed by atoms with Gasteiger partial charge in [0.2, 0.25) is 0 Å². The van der Waals surface area contributed by atoms with Crippen molar-refractivity contribution < 1.29 is 9.53 Å². The molecule has 0 saturated carbocycles. The van der Waals surface area contributed by atoms with Crippen molar-refractivity contribution in [3.05, 3.63) is 84.1 Å². The Labute approximate surface area is 147 Å². The lowest BCUT2D eigenvalue weighted by Crippen LogP contribution is -2.24. The fourth-order valence-electron chi connectivity index (χ4n) is 2.43. The number of nitrogens with zero attached hydrogens (tertiary/aromatic N) is 1. The van der Waals surface area contributed by atoms with Crippen LogP contribution < -0.4 is 5.32 Å². The highest BCUT2D eigenvalue weighted by atomic mass is 16.5. The molecule has 0 aliphatic rings. The molecule has 0 unspecified atom stereocenters. The Morgan fingerprint density at radius 3 is 2.76 bits per heavy atom. The first-order valence-corrected chi connectivity index (χ1v) is 8.27. The van der Waals surface area contributed by atoms with Crippen LogP contribution in [0.15, 0.2) is 72.9 Å². The summed E-state index contributed by atoms with van der Waals surface area (Å²) in [6.07, 6.45) is 6.21. The van der Waals surface area contributed by atoms with E-state index in [2.05, 4.69) is 16.4 Å². The third-order valence-electron chi connectivity index (χ3n) is 3.72. The normalized spacial score (nSPS) is 10.9. The third-order valence-corrected chi connectivity index (χ3v) is 3.72. The van der Waals surface area contributed by atoms with Gasteiger partial charge in [0.25, 0.3) is 0 Å². The summed E-state index contributed by atoms with van der Waals surface area (Å²) in [4.78, 5) is 16.0. The molecule has 126 valence electrons. The molecule has 0 saturated heterocycles. The lowest BCUT2D eigenvalue weighted by atomic mass is 10.1. The number of hydrogen-bond donors (Lipinski definition) is 1. The van der Waals surface area contributed by atoms with Gasteiger partial charge in [-0.3, -0.25) is 4.98 Å². The summed E-state index contributed by atoms with van der Waals surface area (Å²) in [6, 6.07) is 19.7. The molecule has 4 heteroatoms. The lowest BCUT2D eigenvalue weighted by Gasteiger charge is -2.05. The molecule has 0 spiro atoms. The van der Waals surface area contributed by atoms with E-state index in [0.717, 1.165) is 28.5 Å². The molecule has 4 nitrogen and oxygen atoms in total. The molecule has 0 fully saturated rings. The first-order chi connectivity index (χ1) is 12.3. The monoisotopic (exact) mass is 332 g/mol. The van der Waals surface area contributed by atoms with Gasteiger partial charge in [0.1, 0.15) is 6.61 Å². The van der Waals surface area contributed by atoms with E-state index in [1.807, 2.05) is 72.9 Å². The van der Waals surface area contributed by atoms with Crippen LogP contribution in [0.3, 0.4) is 0 Å². The van der Waals surface area contributed by atoms with Crippen LogP contribution in [0.25, 0.3) is 17.0 Å². The van der Waals surface area contributed by atoms with Crippen molar-refractivity contribution in [1.82, 2.24) is 10.3 Å². The van der Waals surface area contributed by atoms with Gasteiger partial charge >= 0.3 is 6.09 Å². The summed E-state index contributed by atoms with van der Waals surface area (Å²) < 4.78 is 5.16. The summed E-state index contributed by atoms with van der Waals surface area (Å²) in [5, 5.41) is 3.86. The number of alkyl carbamates (subject to hydrolysis) is 1. The van der Waals surface area contributed by atoms with Crippen LogP contribution in [0.1, 0.15) is 17.5 Å². The van der Waals surface area contributed by atoms with Crippen LogP contribution in [-0.2, 0) is 11.3 Å². The lowest BCUT2D eigenvalue weighted by molar-refractivity contribution is 0.140. The van der Waals surface area contributed by atoms with E-state index in [-0.39, 0.29) is 6.61 Å². The van der Waals surface area contributed by atoms with Crippen LogP contribution in [0.5, 0.6) is 0 Å². The highest BCUT2D eigenvalue weighted by Gasteiger charge is 2.00. The van der Waals surface area contributed by atoms with Gasteiger partial charge in [-0.25, -0.2) is 4.79 Å². The average Bonchev–Trinajstić information content (AvgIpc) is 2.67. The minimum Gasteiger partial charge on any atom is -0.445 e. The first-order valence-electron chi connectivity index (χ1n) is 8.27. The number of rotatable bonds is 6. The predicted octanol–water partition coefficient (Wildman–Crippen LogP) is 4.56. The predicted molar refractivity (Wildman–Crippen MR) is 100 cm³/mol. The molecule has 0 bridgehead atoms. The number of hydrogen-bond acceptors (Lipinski definition) is 3. The van der Waals surface area contributed by atoms with E-state index >= 15 is 0 Å². The van der Waals surface area contributed by atoms with Crippen LogP contribution in [0.2, 0.25) is 0 Å². The zero-order chi connectivity index (χ0) is 17.3. The highest BCUT2D eigenvalue weighted by Crippen LogP contribution is 2.13. The van der Waals surface area contributed by atoms with Crippen molar-refractivity contribution in [3.63, 3.8) is 0 Å². The fraction of sp³-hybridized carbons (Fsp3) is 0.143. The molecule has 3 rings (SSSR count). The Morgan fingerprint density at radius 1 is 1.08 bits per heavy atom. The van der Waals surface area contributed by atoms with Crippen molar-refractivity contribution >= 4 is 23.1 Å². The third kappa shape index (κ3) is 5.18. The molecule has 0 atom stereocenters. The number of ether oxygens (including phenoxy) is 1. The molecule has 0 aliphatic carbocycles. The molecular weight excluding hydrogens is 312 g/mol. The van der Waals surface area contributed by atoms with Gasteiger partial charge in [-0.1, -0.05) is 60.7 Å². The van der Waals surface area contributed by atoms with Gasteiger partial charge in [0.15, 0.2) is 0 Å². The molecule has 3 aromatic rings. The second-order valence-electron chi connectivity index (χ2n) is 5.64. The van der Waals surface area contributed by atoms with E-state index in [1.54, 1.807) is 0 Å². The largest absolute Gasteiger partial charge is 0.445 e. The van der Waals surface area contributed by atoms with Crippen LogP contribution >= 0.6 is 0 Å². The number of carbonyl (C=O) groups is 1. The fourth-order valence-corrected chi connectivity index (χ4v) is 2.43. The summed E-state index contributed by atoms with van der Waals surface area (Å²) in [5.41, 5.74) is 3.01. The summed E-state index contributed by atoms with van der Waals surface area (Å²) in [6.45, 7) is 0.816. The number of para-hydroxylation sites is 1. The van der Waals surface area contributed by atoms with Gasteiger partial charge in [-0.2, -0.15) is 0 Å². The second-order valence-corrected chi connectivity index (χ2v) is 5.64. The van der Waals surface area contributed by atoms with Crippen molar-refractivity contribution in [2.75, 3.05) is 6.54 Å². The highest BCUT2D eigenvalue weighted by molar-refractivity contribution is 5.80. The van der Waals surface area contributed by atoms with Crippen molar-refractivity contribution in [1.29, 1.82) is 0 Å². The summed E-state index contributed by atoms with van der Waals surface area (Å²) in [7, 11) is 0. The zero-order valence-electron chi connectivity index (χ0n) is 13.9. The van der Waals surface area contributed by atoms with Gasteiger partial charge in [-0.15, -0.1) is 0 Å². The van der Waals surface area contributed by atoms with Crippen molar-refractivity contribution in [3.8, 4) is 0 Å². The molecule has 1 amide bonds. The van der Waals surface area contributed by atoms with Crippen LogP contribution in [-0.4, -0.2) is 17.6 Å². The number of nitrogens with one attached hydrogen (secondary N) is 1. The minimum atomic E-state index is -0.398. The van der Waals surface area contributed by atoms with Gasteiger partial charge in [0.05, 0.1) is 5.52 Å². The standard InChI is InChI=1S/C21H20N2O2/c24-21(25-16-17-8-2-1-3-9-17)22-13-7-6-10-18-14-19-11-4-5-12-20(19)23-15-18/h1-6,8-12,14-15H,7,13,16H2,(H,22,24). The summed E-state index contributed by atoms with van der Waals surface area (Å²) >= 11 is 0. The molecule has 0 aliphatic heterocycles. The maximum Gasteiger partial charge on any atom is 0.407 e. The maximum atomic E-state index is 11.6. The molecule has 1 heterocycles. The molecule has 25 heavy (non-hydrogen) atoms. The molecule has 1 aromatic heterocycles. The topological polar surface area (TPSA) is 51.2 Å². The molecule has 0 radical (unpaired) electrons. The number of fused-ring (bicyclic) bond motifs is 1. The minimum absolute atomic E-state index is 0.283.